The smallest absolute Gasteiger partial charge is 0.213 e. The zero-order valence-corrected chi connectivity index (χ0v) is 10.6. The summed E-state index contributed by atoms with van der Waals surface area (Å²) in [6, 6.07) is 3.56. The van der Waals surface area contributed by atoms with Crippen LogP contribution >= 0.6 is 11.6 Å². The summed E-state index contributed by atoms with van der Waals surface area (Å²) in [5.41, 5.74) is 6.22. The van der Waals surface area contributed by atoms with E-state index in [0.29, 0.717) is 29.7 Å². The van der Waals surface area contributed by atoms with Gasteiger partial charge in [0.15, 0.2) is 0 Å². The summed E-state index contributed by atoms with van der Waals surface area (Å²) in [6.07, 6.45) is 2.60. The Morgan fingerprint density at radius 3 is 2.82 bits per heavy atom. The minimum Gasteiger partial charge on any atom is -0.476 e. The third kappa shape index (κ3) is 3.56. The molecule has 94 valence electrons. The molecule has 17 heavy (non-hydrogen) atoms. The number of aromatic nitrogens is 1. The molecule has 1 aliphatic rings. The van der Waals surface area contributed by atoms with Gasteiger partial charge in [0.1, 0.15) is 6.61 Å². The van der Waals surface area contributed by atoms with Crippen molar-refractivity contribution < 1.29 is 4.74 Å². The molecule has 0 saturated carbocycles. The number of pyridine rings is 1. The Balaban J connectivity index is 1.81. The van der Waals surface area contributed by atoms with E-state index in [1.54, 1.807) is 12.1 Å². The number of nitrogens with zero attached hydrogens (tertiary/aromatic N) is 2. The maximum Gasteiger partial charge on any atom is 0.213 e. The van der Waals surface area contributed by atoms with Crippen molar-refractivity contribution in [2.45, 2.75) is 19.4 Å². The Bertz CT molecular complexity index is 367. The quantitative estimate of drug-likeness (QED) is 0.870. The monoisotopic (exact) mass is 255 g/mol. The summed E-state index contributed by atoms with van der Waals surface area (Å²) in [5.74, 6) is 0.606. The van der Waals surface area contributed by atoms with Crippen LogP contribution in [-0.4, -0.2) is 36.1 Å². The zero-order chi connectivity index (χ0) is 12.1. The van der Waals surface area contributed by atoms with Gasteiger partial charge < -0.3 is 10.5 Å². The maximum atomic E-state index is 5.93. The van der Waals surface area contributed by atoms with Gasteiger partial charge in [-0.15, -0.1) is 0 Å². The van der Waals surface area contributed by atoms with Crippen LogP contribution < -0.4 is 10.5 Å². The number of likely N-dealkylation sites (tertiary alicyclic amines) is 1. The van der Waals surface area contributed by atoms with Gasteiger partial charge in [-0.1, -0.05) is 11.6 Å². The van der Waals surface area contributed by atoms with Crippen LogP contribution in [0.25, 0.3) is 0 Å². The van der Waals surface area contributed by atoms with Gasteiger partial charge in [-0.2, -0.15) is 0 Å². The molecular formula is C12H18ClN3O. The Morgan fingerprint density at radius 1 is 1.35 bits per heavy atom. The lowest BCUT2D eigenvalue weighted by atomic mass is 10.3. The molecule has 2 N–H and O–H groups in total. The number of rotatable bonds is 5. The highest BCUT2D eigenvalue weighted by Crippen LogP contribution is 2.17. The Labute approximate surface area is 107 Å². The predicted octanol–water partition coefficient (Wildman–Crippen LogP) is 1.67. The van der Waals surface area contributed by atoms with Crippen molar-refractivity contribution in [2.75, 3.05) is 26.2 Å². The van der Waals surface area contributed by atoms with Crippen molar-refractivity contribution in [1.82, 2.24) is 9.88 Å². The van der Waals surface area contributed by atoms with Crippen molar-refractivity contribution in [3.05, 3.63) is 22.8 Å². The molecule has 5 heteroatoms. The first-order valence-electron chi connectivity index (χ1n) is 6.00. The van der Waals surface area contributed by atoms with E-state index < -0.39 is 0 Å². The standard InChI is InChI=1S/C12H18ClN3O/c13-10-3-4-12(15-11(10)9-14)17-8-7-16-5-1-2-6-16/h3-4H,1-2,5-9,14H2. The van der Waals surface area contributed by atoms with Gasteiger partial charge in [0.25, 0.3) is 0 Å². The molecule has 1 aliphatic heterocycles. The first-order valence-corrected chi connectivity index (χ1v) is 6.38. The zero-order valence-electron chi connectivity index (χ0n) is 9.86. The average Bonchev–Trinajstić information content (AvgIpc) is 2.84. The number of hydrogen-bond donors (Lipinski definition) is 1. The Hall–Kier alpha value is -0.840. The molecule has 2 heterocycles. The number of nitrogens with two attached hydrogens (primary N) is 1. The van der Waals surface area contributed by atoms with Crippen LogP contribution in [0.15, 0.2) is 12.1 Å². The molecule has 4 nitrogen and oxygen atoms in total. The lowest BCUT2D eigenvalue weighted by molar-refractivity contribution is 0.231. The molecule has 0 atom stereocenters. The maximum absolute atomic E-state index is 5.93. The summed E-state index contributed by atoms with van der Waals surface area (Å²) in [6.45, 7) is 4.33. The van der Waals surface area contributed by atoms with Crippen LogP contribution in [0, 0.1) is 0 Å². The van der Waals surface area contributed by atoms with E-state index in [4.69, 9.17) is 22.1 Å². The van der Waals surface area contributed by atoms with E-state index in [2.05, 4.69) is 9.88 Å². The van der Waals surface area contributed by atoms with E-state index in [-0.39, 0.29) is 0 Å². The summed E-state index contributed by atoms with van der Waals surface area (Å²) < 4.78 is 5.60. The third-order valence-electron chi connectivity index (χ3n) is 2.94. The highest BCUT2D eigenvalue weighted by molar-refractivity contribution is 6.31. The largest absolute Gasteiger partial charge is 0.476 e. The normalized spacial score (nSPS) is 16.4. The summed E-state index contributed by atoms with van der Waals surface area (Å²) in [7, 11) is 0. The van der Waals surface area contributed by atoms with E-state index in [1.807, 2.05) is 0 Å². The molecule has 0 aromatic carbocycles. The summed E-state index contributed by atoms with van der Waals surface area (Å²) in [4.78, 5) is 6.66. The molecule has 0 unspecified atom stereocenters. The predicted molar refractivity (Wildman–Crippen MR) is 68.3 cm³/mol. The second-order valence-electron chi connectivity index (χ2n) is 4.18. The van der Waals surface area contributed by atoms with Crippen molar-refractivity contribution in [3.63, 3.8) is 0 Å². The molecule has 0 bridgehead atoms. The van der Waals surface area contributed by atoms with Gasteiger partial charge in [-0.25, -0.2) is 4.98 Å². The first kappa shape index (κ1) is 12.6. The Kier molecular flexibility index (Phi) is 4.59. The second kappa shape index (κ2) is 6.19. The van der Waals surface area contributed by atoms with E-state index in [0.717, 1.165) is 6.54 Å². The minimum absolute atomic E-state index is 0.335. The van der Waals surface area contributed by atoms with Crippen molar-refractivity contribution >= 4 is 11.6 Å². The Morgan fingerprint density at radius 2 is 2.12 bits per heavy atom. The van der Waals surface area contributed by atoms with E-state index in [1.165, 1.54) is 25.9 Å². The van der Waals surface area contributed by atoms with Crippen molar-refractivity contribution in [2.24, 2.45) is 5.73 Å². The van der Waals surface area contributed by atoms with E-state index >= 15 is 0 Å². The minimum atomic E-state index is 0.335. The van der Waals surface area contributed by atoms with Crippen molar-refractivity contribution in [3.8, 4) is 5.88 Å². The molecule has 0 amide bonds. The van der Waals surface area contributed by atoms with Gasteiger partial charge in [0.05, 0.1) is 10.7 Å². The fourth-order valence-electron chi connectivity index (χ4n) is 1.97. The summed E-state index contributed by atoms with van der Waals surface area (Å²) in [5, 5.41) is 0.597. The lowest BCUT2D eigenvalue weighted by Gasteiger charge is -2.14. The van der Waals surface area contributed by atoms with Crippen LogP contribution in [0.4, 0.5) is 0 Å². The van der Waals surface area contributed by atoms with Gasteiger partial charge in [-0.05, 0) is 32.0 Å². The van der Waals surface area contributed by atoms with Gasteiger partial charge in [-0.3, -0.25) is 4.90 Å². The number of ether oxygens (including phenoxy) is 1. The van der Waals surface area contributed by atoms with Crippen LogP contribution in [0.3, 0.4) is 0 Å². The highest BCUT2D eigenvalue weighted by atomic mass is 35.5. The van der Waals surface area contributed by atoms with Gasteiger partial charge in [0.2, 0.25) is 5.88 Å². The average molecular weight is 256 g/mol. The molecule has 1 aromatic rings. The van der Waals surface area contributed by atoms with E-state index in [9.17, 15) is 0 Å². The third-order valence-corrected chi connectivity index (χ3v) is 3.29. The molecule has 1 fully saturated rings. The van der Waals surface area contributed by atoms with Gasteiger partial charge in [0, 0.05) is 19.2 Å². The van der Waals surface area contributed by atoms with Crippen molar-refractivity contribution in [1.29, 1.82) is 0 Å². The SMILES string of the molecule is NCc1nc(OCCN2CCCC2)ccc1Cl. The molecule has 0 aliphatic carbocycles. The highest BCUT2D eigenvalue weighted by Gasteiger charge is 2.11. The molecule has 1 aromatic heterocycles. The molecule has 0 radical (unpaired) electrons. The van der Waals surface area contributed by atoms with Gasteiger partial charge >= 0.3 is 0 Å². The molecule has 2 rings (SSSR count). The molecular weight excluding hydrogens is 238 g/mol. The van der Waals surface area contributed by atoms with Crippen LogP contribution in [-0.2, 0) is 6.54 Å². The van der Waals surface area contributed by atoms with Crippen LogP contribution in [0.1, 0.15) is 18.5 Å². The first-order chi connectivity index (χ1) is 8.29. The second-order valence-corrected chi connectivity index (χ2v) is 4.59. The summed E-state index contributed by atoms with van der Waals surface area (Å²) >= 11 is 5.93. The fraction of sp³-hybridized carbons (Fsp3) is 0.583. The molecule has 0 spiro atoms. The number of hydrogen-bond acceptors (Lipinski definition) is 4. The molecule has 1 saturated heterocycles. The lowest BCUT2D eigenvalue weighted by Crippen LogP contribution is -2.25. The van der Waals surface area contributed by atoms with Crippen LogP contribution in [0.2, 0.25) is 5.02 Å². The number of halogens is 1. The topological polar surface area (TPSA) is 51.4 Å². The van der Waals surface area contributed by atoms with Crippen LogP contribution in [0.5, 0.6) is 5.88 Å². The fourth-order valence-corrected chi connectivity index (χ4v) is 2.16.